The maximum atomic E-state index is 14.3. The zero-order valence-electron chi connectivity index (χ0n) is 17.4. The first kappa shape index (κ1) is 20.6. The molecule has 1 aliphatic carbocycles. The summed E-state index contributed by atoms with van der Waals surface area (Å²) in [4.78, 5) is 14.5. The monoisotopic (exact) mass is 424 g/mol. The first-order valence-corrected chi connectivity index (χ1v) is 11.1. The molecule has 1 saturated carbocycles. The smallest absolute Gasteiger partial charge is 0.233 e. The maximum absolute atomic E-state index is 14.3. The van der Waals surface area contributed by atoms with Crippen LogP contribution in [-0.4, -0.2) is 38.4 Å². The van der Waals surface area contributed by atoms with Crippen LogP contribution in [-0.2, 0) is 11.3 Å². The van der Waals surface area contributed by atoms with Gasteiger partial charge in [-0.3, -0.25) is 9.36 Å². The molecule has 5 nitrogen and oxygen atoms in total. The van der Waals surface area contributed by atoms with Gasteiger partial charge in [0, 0.05) is 19.6 Å². The largest absolute Gasteiger partial charge is 0.341 e. The Morgan fingerprint density at radius 2 is 1.97 bits per heavy atom. The second-order valence-electron chi connectivity index (χ2n) is 7.86. The molecule has 0 saturated heterocycles. The highest BCUT2D eigenvalue weighted by Crippen LogP contribution is 2.41. The number of rotatable bonds is 7. The number of aromatic nitrogens is 3. The van der Waals surface area contributed by atoms with E-state index in [-0.39, 0.29) is 23.5 Å². The number of amides is 1. The fraction of sp³-hybridized carbons (Fsp3) is 0.348. The Kier molecular flexibility index (Phi) is 5.90. The number of benzene rings is 2. The SMILES string of the molecule is Cc1ccc(CN(C)C(=O)CSc2nnc(-c3ccccc3F)n2C2CC2)c(C)c1. The van der Waals surface area contributed by atoms with Crippen LogP contribution < -0.4 is 0 Å². The highest BCUT2D eigenvalue weighted by molar-refractivity contribution is 7.99. The number of hydrogen-bond donors (Lipinski definition) is 0. The molecule has 0 radical (unpaired) electrons. The van der Waals surface area contributed by atoms with E-state index in [4.69, 9.17) is 0 Å². The third-order valence-corrected chi connectivity index (χ3v) is 6.28. The van der Waals surface area contributed by atoms with Gasteiger partial charge in [-0.15, -0.1) is 10.2 Å². The van der Waals surface area contributed by atoms with E-state index in [1.165, 1.54) is 29.0 Å². The van der Waals surface area contributed by atoms with Gasteiger partial charge in [-0.2, -0.15) is 0 Å². The van der Waals surface area contributed by atoms with Crippen LogP contribution in [0.3, 0.4) is 0 Å². The minimum absolute atomic E-state index is 0.0257. The van der Waals surface area contributed by atoms with Gasteiger partial charge in [0.2, 0.25) is 5.91 Å². The van der Waals surface area contributed by atoms with E-state index in [9.17, 15) is 9.18 Å². The molecule has 7 heteroatoms. The minimum Gasteiger partial charge on any atom is -0.341 e. The molecular formula is C23H25FN4OS. The molecule has 0 bridgehead atoms. The molecule has 2 aromatic carbocycles. The molecule has 0 unspecified atom stereocenters. The molecule has 3 aromatic rings. The second-order valence-corrected chi connectivity index (χ2v) is 8.80. The van der Waals surface area contributed by atoms with Crippen LogP contribution in [0.1, 0.15) is 35.6 Å². The maximum Gasteiger partial charge on any atom is 0.233 e. The van der Waals surface area contributed by atoms with E-state index < -0.39 is 0 Å². The molecule has 0 aliphatic heterocycles. The number of aryl methyl sites for hydroxylation is 2. The zero-order chi connectivity index (χ0) is 21.3. The van der Waals surface area contributed by atoms with E-state index in [2.05, 4.69) is 42.2 Å². The Morgan fingerprint density at radius 3 is 2.67 bits per heavy atom. The summed E-state index contributed by atoms with van der Waals surface area (Å²) in [6.07, 6.45) is 2.04. The number of halogens is 1. The van der Waals surface area contributed by atoms with E-state index in [1.54, 1.807) is 23.1 Å². The zero-order valence-corrected chi connectivity index (χ0v) is 18.2. The molecule has 30 heavy (non-hydrogen) atoms. The summed E-state index contributed by atoms with van der Waals surface area (Å²) in [7, 11) is 1.82. The van der Waals surface area contributed by atoms with Gasteiger partial charge in [0.1, 0.15) is 5.82 Å². The lowest BCUT2D eigenvalue weighted by Crippen LogP contribution is -2.28. The number of nitrogens with zero attached hydrogens (tertiary/aromatic N) is 4. The van der Waals surface area contributed by atoms with Gasteiger partial charge >= 0.3 is 0 Å². The van der Waals surface area contributed by atoms with Crippen molar-refractivity contribution in [2.75, 3.05) is 12.8 Å². The summed E-state index contributed by atoms with van der Waals surface area (Å²) in [5.41, 5.74) is 3.99. The first-order valence-electron chi connectivity index (χ1n) is 10.1. The van der Waals surface area contributed by atoms with Crippen LogP contribution >= 0.6 is 11.8 Å². The summed E-state index contributed by atoms with van der Waals surface area (Å²) in [5.74, 6) is 0.517. The van der Waals surface area contributed by atoms with Crippen LogP contribution in [0.5, 0.6) is 0 Å². The number of hydrogen-bond acceptors (Lipinski definition) is 4. The fourth-order valence-corrected chi connectivity index (χ4v) is 4.41. The molecule has 1 heterocycles. The minimum atomic E-state index is -0.312. The van der Waals surface area contributed by atoms with Gasteiger partial charge in [-0.25, -0.2) is 4.39 Å². The number of carbonyl (C=O) groups excluding carboxylic acids is 1. The summed E-state index contributed by atoms with van der Waals surface area (Å²) in [6, 6.07) is 13.2. The Balaban J connectivity index is 1.46. The normalized spacial score (nSPS) is 13.5. The van der Waals surface area contributed by atoms with Gasteiger partial charge in [0.15, 0.2) is 11.0 Å². The molecule has 1 fully saturated rings. The van der Waals surface area contributed by atoms with Crippen LogP contribution in [0.15, 0.2) is 47.6 Å². The molecule has 1 aliphatic rings. The molecule has 0 spiro atoms. The van der Waals surface area contributed by atoms with Crippen LogP contribution in [0.25, 0.3) is 11.4 Å². The lowest BCUT2D eigenvalue weighted by molar-refractivity contribution is -0.127. The van der Waals surface area contributed by atoms with Crippen molar-refractivity contribution in [2.45, 2.75) is 44.4 Å². The molecule has 0 atom stereocenters. The van der Waals surface area contributed by atoms with Crippen molar-refractivity contribution in [3.8, 4) is 11.4 Å². The van der Waals surface area contributed by atoms with E-state index in [0.717, 1.165) is 18.4 Å². The fourth-order valence-electron chi connectivity index (χ4n) is 3.47. The van der Waals surface area contributed by atoms with E-state index in [1.807, 2.05) is 11.6 Å². The van der Waals surface area contributed by atoms with Crippen molar-refractivity contribution in [3.63, 3.8) is 0 Å². The lowest BCUT2D eigenvalue weighted by Gasteiger charge is -2.18. The van der Waals surface area contributed by atoms with E-state index in [0.29, 0.717) is 23.1 Å². The Labute approximate surface area is 180 Å². The summed E-state index contributed by atoms with van der Waals surface area (Å²) < 4.78 is 16.3. The predicted octanol–water partition coefficient (Wildman–Crippen LogP) is 4.79. The van der Waals surface area contributed by atoms with Gasteiger partial charge in [0.05, 0.1) is 11.3 Å². The lowest BCUT2D eigenvalue weighted by atomic mass is 10.1. The van der Waals surface area contributed by atoms with Crippen molar-refractivity contribution in [1.29, 1.82) is 0 Å². The first-order chi connectivity index (χ1) is 14.4. The molecule has 0 N–H and O–H groups in total. The van der Waals surface area contributed by atoms with Crippen molar-refractivity contribution in [3.05, 3.63) is 65.0 Å². The van der Waals surface area contributed by atoms with Crippen molar-refractivity contribution < 1.29 is 9.18 Å². The van der Waals surface area contributed by atoms with Crippen LogP contribution in [0.2, 0.25) is 0 Å². The Hall–Kier alpha value is -2.67. The van der Waals surface area contributed by atoms with Gasteiger partial charge < -0.3 is 4.90 Å². The van der Waals surface area contributed by atoms with Crippen LogP contribution in [0, 0.1) is 19.7 Å². The van der Waals surface area contributed by atoms with Gasteiger partial charge in [-0.05, 0) is 49.9 Å². The predicted molar refractivity (Wildman–Crippen MR) is 117 cm³/mol. The molecule has 1 aromatic heterocycles. The Morgan fingerprint density at radius 1 is 1.20 bits per heavy atom. The average molecular weight is 425 g/mol. The molecule has 156 valence electrons. The number of carbonyl (C=O) groups is 1. The standard InChI is InChI=1S/C23H25FN4OS/c1-15-8-9-17(16(2)12-15)13-27(3)21(29)14-30-23-26-25-22(28(23)18-10-11-18)19-6-4-5-7-20(19)24/h4-9,12,18H,10-11,13-14H2,1-3H3. The summed E-state index contributed by atoms with van der Waals surface area (Å²) >= 11 is 1.37. The third kappa shape index (κ3) is 4.41. The van der Waals surface area contributed by atoms with Crippen molar-refractivity contribution in [2.24, 2.45) is 0 Å². The Bertz CT molecular complexity index is 1080. The van der Waals surface area contributed by atoms with Gasteiger partial charge in [0.25, 0.3) is 0 Å². The average Bonchev–Trinajstić information content (AvgIpc) is 3.48. The summed E-state index contributed by atoms with van der Waals surface area (Å²) in [6.45, 7) is 4.70. The highest BCUT2D eigenvalue weighted by atomic mass is 32.2. The third-order valence-electron chi connectivity index (χ3n) is 5.35. The molecule has 4 rings (SSSR count). The summed E-state index contributed by atoms with van der Waals surface area (Å²) in [5, 5.41) is 9.19. The topological polar surface area (TPSA) is 51.0 Å². The second kappa shape index (κ2) is 8.60. The quantitative estimate of drug-likeness (QED) is 0.512. The van der Waals surface area contributed by atoms with E-state index >= 15 is 0 Å². The highest BCUT2D eigenvalue weighted by Gasteiger charge is 2.31. The van der Waals surface area contributed by atoms with Crippen molar-refractivity contribution in [1.82, 2.24) is 19.7 Å². The molecular weight excluding hydrogens is 399 g/mol. The molecule has 1 amide bonds. The van der Waals surface area contributed by atoms with Crippen LogP contribution in [0.4, 0.5) is 4.39 Å². The number of thioether (sulfide) groups is 1. The van der Waals surface area contributed by atoms with Gasteiger partial charge in [-0.1, -0.05) is 47.7 Å². The van der Waals surface area contributed by atoms with Crippen molar-refractivity contribution >= 4 is 17.7 Å².